The molecule has 1 unspecified atom stereocenters. The van der Waals surface area contributed by atoms with Crippen LogP contribution in [0.25, 0.3) is 16.9 Å². The van der Waals surface area contributed by atoms with Crippen molar-refractivity contribution in [1.29, 1.82) is 0 Å². The lowest BCUT2D eigenvalue weighted by Crippen LogP contribution is -2.38. The van der Waals surface area contributed by atoms with E-state index < -0.39 is 17.8 Å². The molecule has 0 saturated heterocycles. The van der Waals surface area contributed by atoms with E-state index in [1.54, 1.807) is 18.9 Å². The fourth-order valence-corrected chi connectivity index (χ4v) is 5.94. The first-order valence-corrected chi connectivity index (χ1v) is 13.1. The SMILES string of the molecule is COc1ccc(OC)c(C2SCC(=O)N(CC(=O)O)c3c2c(-c2ccccc2)nn3-c2ccccc2C)c1. The van der Waals surface area contributed by atoms with Gasteiger partial charge in [0.25, 0.3) is 0 Å². The van der Waals surface area contributed by atoms with Crippen molar-refractivity contribution in [2.24, 2.45) is 0 Å². The van der Waals surface area contributed by atoms with Crippen molar-refractivity contribution in [1.82, 2.24) is 9.78 Å². The second-order valence-corrected chi connectivity index (χ2v) is 9.92. The number of carbonyl (C=O) groups is 2. The molecular formula is C29H27N3O5S. The van der Waals surface area contributed by atoms with Crippen LogP contribution in [-0.2, 0) is 9.59 Å². The highest BCUT2D eigenvalue weighted by Crippen LogP contribution is 2.51. The van der Waals surface area contributed by atoms with Gasteiger partial charge in [0, 0.05) is 16.7 Å². The summed E-state index contributed by atoms with van der Waals surface area (Å²) in [5, 5.41) is 14.5. The number of benzene rings is 3. The molecule has 194 valence electrons. The van der Waals surface area contributed by atoms with E-state index in [0.29, 0.717) is 23.0 Å². The molecule has 38 heavy (non-hydrogen) atoms. The maximum atomic E-state index is 13.5. The standard InChI is InChI=1S/C29H27N3O5S/c1-18-9-7-8-12-22(18)32-29-26(27(30-32)19-10-5-4-6-11-19)28(38-17-24(33)31(29)16-25(34)35)21-15-20(36-2)13-14-23(21)37-3/h4-15,28H,16-17H2,1-3H3,(H,34,35). The van der Waals surface area contributed by atoms with Gasteiger partial charge in [-0.1, -0.05) is 48.5 Å². The summed E-state index contributed by atoms with van der Waals surface area (Å²) in [5.74, 6) is 0.382. The first-order valence-electron chi connectivity index (χ1n) is 12.0. The van der Waals surface area contributed by atoms with Gasteiger partial charge in [0.05, 0.1) is 36.6 Å². The Hall–Kier alpha value is -4.24. The number of hydrogen-bond donors (Lipinski definition) is 1. The zero-order chi connectivity index (χ0) is 26.8. The predicted octanol–water partition coefficient (Wildman–Crippen LogP) is 5.12. The Morgan fingerprint density at radius 2 is 1.79 bits per heavy atom. The number of aryl methyl sites for hydroxylation is 1. The normalized spacial score (nSPS) is 15.1. The van der Waals surface area contributed by atoms with Gasteiger partial charge in [-0.2, -0.15) is 5.10 Å². The van der Waals surface area contributed by atoms with E-state index in [9.17, 15) is 14.7 Å². The first kappa shape index (κ1) is 25.4. The molecule has 1 atom stereocenters. The second kappa shape index (κ2) is 10.6. The number of nitrogens with zero attached hydrogens (tertiary/aromatic N) is 3. The Morgan fingerprint density at radius 3 is 2.47 bits per heavy atom. The summed E-state index contributed by atoms with van der Waals surface area (Å²) in [6, 6.07) is 23.0. The number of anilines is 1. The topological polar surface area (TPSA) is 93.9 Å². The van der Waals surface area contributed by atoms with Crippen LogP contribution in [0, 0.1) is 6.92 Å². The summed E-state index contributed by atoms with van der Waals surface area (Å²) in [5.41, 5.74) is 4.77. The van der Waals surface area contributed by atoms with Gasteiger partial charge in [0.1, 0.15) is 23.9 Å². The highest BCUT2D eigenvalue weighted by atomic mass is 32.2. The number of carboxylic acids is 1. The maximum absolute atomic E-state index is 13.5. The minimum atomic E-state index is -1.11. The molecule has 1 aliphatic rings. The van der Waals surface area contributed by atoms with Crippen molar-refractivity contribution in [3.63, 3.8) is 0 Å². The van der Waals surface area contributed by atoms with Gasteiger partial charge in [-0.3, -0.25) is 14.5 Å². The Kier molecular flexibility index (Phi) is 7.11. The third-order valence-electron chi connectivity index (χ3n) is 6.49. The van der Waals surface area contributed by atoms with E-state index in [1.807, 2.05) is 79.7 Å². The molecule has 1 N–H and O–H groups in total. The Labute approximate surface area is 224 Å². The minimum Gasteiger partial charge on any atom is -0.497 e. The van der Waals surface area contributed by atoms with Gasteiger partial charge < -0.3 is 14.6 Å². The van der Waals surface area contributed by atoms with Gasteiger partial charge >= 0.3 is 5.97 Å². The van der Waals surface area contributed by atoms with E-state index in [4.69, 9.17) is 14.6 Å². The maximum Gasteiger partial charge on any atom is 0.323 e. The summed E-state index contributed by atoms with van der Waals surface area (Å²) < 4.78 is 13.0. The minimum absolute atomic E-state index is 0.0784. The third-order valence-corrected chi connectivity index (χ3v) is 7.73. The smallest absolute Gasteiger partial charge is 0.323 e. The lowest BCUT2D eigenvalue weighted by molar-refractivity contribution is -0.136. The molecule has 0 fully saturated rings. The van der Waals surface area contributed by atoms with Gasteiger partial charge in [0.15, 0.2) is 0 Å². The van der Waals surface area contributed by atoms with Crippen LogP contribution in [0.15, 0.2) is 72.8 Å². The quantitative estimate of drug-likeness (QED) is 0.355. The predicted molar refractivity (Wildman–Crippen MR) is 148 cm³/mol. The van der Waals surface area contributed by atoms with E-state index in [1.165, 1.54) is 16.7 Å². The number of hydrogen-bond acceptors (Lipinski definition) is 6. The number of fused-ring (bicyclic) bond motifs is 1. The molecule has 1 amide bonds. The number of ether oxygens (including phenoxy) is 2. The second-order valence-electron chi connectivity index (χ2n) is 8.82. The number of para-hydroxylation sites is 1. The van der Waals surface area contributed by atoms with Crippen LogP contribution in [0.5, 0.6) is 11.5 Å². The Bertz CT molecular complexity index is 1500. The molecule has 0 spiro atoms. The van der Waals surface area contributed by atoms with E-state index in [0.717, 1.165) is 27.9 Å². The number of rotatable bonds is 7. The molecule has 4 aromatic rings. The monoisotopic (exact) mass is 529 g/mol. The number of carboxylic acid groups (broad SMARTS) is 1. The van der Waals surface area contributed by atoms with Crippen molar-refractivity contribution in [3.05, 3.63) is 89.5 Å². The van der Waals surface area contributed by atoms with Crippen LogP contribution in [0.2, 0.25) is 0 Å². The lowest BCUT2D eigenvalue weighted by Gasteiger charge is -2.23. The number of aliphatic carboxylic acids is 1. The van der Waals surface area contributed by atoms with Crippen molar-refractivity contribution >= 4 is 29.5 Å². The van der Waals surface area contributed by atoms with Crippen molar-refractivity contribution in [2.75, 3.05) is 31.4 Å². The van der Waals surface area contributed by atoms with Crippen LogP contribution in [-0.4, -0.2) is 53.3 Å². The lowest BCUT2D eigenvalue weighted by atomic mass is 9.98. The van der Waals surface area contributed by atoms with E-state index in [-0.39, 0.29) is 11.7 Å². The highest BCUT2D eigenvalue weighted by molar-refractivity contribution is 8.00. The number of carbonyl (C=O) groups excluding carboxylic acids is 1. The molecule has 0 radical (unpaired) electrons. The van der Waals surface area contributed by atoms with E-state index in [2.05, 4.69) is 0 Å². The fraction of sp³-hybridized carbons (Fsp3) is 0.207. The molecule has 1 aliphatic heterocycles. The Morgan fingerprint density at radius 1 is 1.05 bits per heavy atom. The largest absolute Gasteiger partial charge is 0.497 e. The van der Waals surface area contributed by atoms with Crippen molar-refractivity contribution in [2.45, 2.75) is 12.2 Å². The molecule has 5 rings (SSSR count). The summed E-state index contributed by atoms with van der Waals surface area (Å²) >= 11 is 1.42. The number of aromatic nitrogens is 2. The number of methoxy groups -OCH3 is 2. The molecule has 0 bridgehead atoms. The molecule has 9 heteroatoms. The molecule has 2 heterocycles. The van der Waals surface area contributed by atoms with Crippen LogP contribution in [0.3, 0.4) is 0 Å². The van der Waals surface area contributed by atoms with Crippen LogP contribution in [0.1, 0.15) is 21.9 Å². The summed E-state index contributed by atoms with van der Waals surface area (Å²) in [6.07, 6.45) is 0. The average molecular weight is 530 g/mol. The van der Waals surface area contributed by atoms with Crippen LogP contribution >= 0.6 is 11.8 Å². The molecule has 8 nitrogen and oxygen atoms in total. The summed E-state index contributed by atoms with van der Waals surface area (Å²) in [4.78, 5) is 26.9. The highest BCUT2D eigenvalue weighted by Gasteiger charge is 2.39. The van der Waals surface area contributed by atoms with Gasteiger partial charge in [0.2, 0.25) is 5.91 Å². The average Bonchev–Trinajstić information content (AvgIpc) is 3.25. The van der Waals surface area contributed by atoms with Crippen LogP contribution < -0.4 is 14.4 Å². The van der Waals surface area contributed by atoms with Gasteiger partial charge in [-0.25, -0.2) is 4.68 Å². The van der Waals surface area contributed by atoms with Crippen molar-refractivity contribution < 1.29 is 24.2 Å². The fourth-order valence-electron chi connectivity index (χ4n) is 4.72. The molecule has 0 aliphatic carbocycles. The van der Waals surface area contributed by atoms with Crippen LogP contribution in [0.4, 0.5) is 5.82 Å². The summed E-state index contributed by atoms with van der Waals surface area (Å²) in [6.45, 7) is 1.48. The first-order chi connectivity index (χ1) is 18.4. The molecular weight excluding hydrogens is 502 g/mol. The number of thioether (sulfide) groups is 1. The molecule has 1 aromatic heterocycles. The zero-order valence-corrected chi connectivity index (χ0v) is 22.1. The van der Waals surface area contributed by atoms with Gasteiger partial charge in [-0.15, -0.1) is 11.8 Å². The third kappa shape index (κ3) is 4.61. The van der Waals surface area contributed by atoms with Gasteiger partial charge in [-0.05, 0) is 36.8 Å². The molecule has 0 saturated carbocycles. The number of amides is 1. The van der Waals surface area contributed by atoms with E-state index >= 15 is 0 Å². The summed E-state index contributed by atoms with van der Waals surface area (Å²) in [7, 11) is 3.20. The Balaban J connectivity index is 1.89. The zero-order valence-electron chi connectivity index (χ0n) is 21.2. The van der Waals surface area contributed by atoms with Crippen molar-refractivity contribution in [3.8, 4) is 28.4 Å². The molecule has 3 aromatic carbocycles.